The molecule has 2 aromatic carbocycles. The van der Waals surface area contributed by atoms with Crippen LogP contribution < -0.4 is 14.8 Å². The maximum atomic E-state index is 12.5. The summed E-state index contributed by atoms with van der Waals surface area (Å²) >= 11 is 5.93. The minimum Gasteiger partial charge on any atom is -0.493 e. The van der Waals surface area contributed by atoms with Crippen LogP contribution in [0, 0.1) is 0 Å². The highest BCUT2D eigenvalue weighted by atomic mass is 35.5. The number of carbonyl (C=O) groups excluding carboxylic acids is 2. The number of anilines is 1. The molecule has 1 heterocycles. The van der Waals surface area contributed by atoms with Crippen LogP contribution in [0.15, 0.2) is 66.9 Å². The van der Waals surface area contributed by atoms with E-state index in [0.29, 0.717) is 23.8 Å². The summed E-state index contributed by atoms with van der Waals surface area (Å²) in [5.74, 6) is -0.338. The van der Waals surface area contributed by atoms with Gasteiger partial charge in [-0.15, -0.1) is 0 Å². The number of nitrogens with one attached hydrogen (secondary N) is 1. The molecule has 0 aliphatic heterocycles. The lowest BCUT2D eigenvalue weighted by Crippen LogP contribution is -2.30. The summed E-state index contributed by atoms with van der Waals surface area (Å²) in [6, 6.07) is 17.6. The molecular formula is C23H21ClN2O5. The normalized spacial score (nSPS) is 11.3. The Labute approximate surface area is 184 Å². The quantitative estimate of drug-likeness (QED) is 0.409. The molecule has 1 amide bonds. The van der Waals surface area contributed by atoms with Crippen molar-refractivity contribution in [2.45, 2.75) is 19.6 Å². The van der Waals surface area contributed by atoms with E-state index in [2.05, 4.69) is 10.3 Å². The number of pyridine rings is 1. The monoisotopic (exact) mass is 440 g/mol. The van der Waals surface area contributed by atoms with Crippen molar-refractivity contribution < 1.29 is 23.8 Å². The summed E-state index contributed by atoms with van der Waals surface area (Å²) < 4.78 is 16.4. The van der Waals surface area contributed by atoms with Crippen molar-refractivity contribution in [2.24, 2.45) is 0 Å². The van der Waals surface area contributed by atoms with Gasteiger partial charge in [0.15, 0.2) is 22.8 Å². The molecule has 0 aliphatic carbocycles. The van der Waals surface area contributed by atoms with Gasteiger partial charge >= 0.3 is 5.97 Å². The van der Waals surface area contributed by atoms with Gasteiger partial charge in [-0.25, -0.2) is 9.78 Å². The predicted molar refractivity (Wildman–Crippen MR) is 117 cm³/mol. The zero-order valence-electron chi connectivity index (χ0n) is 17.0. The zero-order valence-corrected chi connectivity index (χ0v) is 17.8. The van der Waals surface area contributed by atoms with E-state index in [1.165, 1.54) is 26.3 Å². The number of nitrogens with zero attached hydrogens (tertiary/aromatic N) is 1. The van der Waals surface area contributed by atoms with E-state index in [0.717, 1.165) is 5.56 Å². The Balaban J connectivity index is 1.62. The van der Waals surface area contributed by atoms with Crippen molar-refractivity contribution in [2.75, 3.05) is 12.4 Å². The largest absolute Gasteiger partial charge is 0.493 e. The molecule has 1 aromatic heterocycles. The molecule has 3 rings (SSSR count). The number of ether oxygens (including phenoxy) is 3. The first-order valence-corrected chi connectivity index (χ1v) is 9.83. The molecule has 160 valence electrons. The van der Waals surface area contributed by atoms with E-state index in [-0.39, 0.29) is 10.7 Å². The molecule has 7 nitrogen and oxygen atoms in total. The number of carbonyl (C=O) groups is 2. The van der Waals surface area contributed by atoms with Crippen LogP contribution >= 0.6 is 11.6 Å². The van der Waals surface area contributed by atoms with Crippen LogP contribution in [0.2, 0.25) is 5.15 Å². The molecule has 3 aromatic rings. The van der Waals surface area contributed by atoms with Crippen molar-refractivity contribution in [1.82, 2.24) is 4.98 Å². The Bertz CT molecular complexity index is 1060. The van der Waals surface area contributed by atoms with E-state index < -0.39 is 18.0 Å². The number of rotatable bonds is 8. The maximum Gasteiger partial charge on any atom is 0.339 e. The number of aromatic nitrogens is 1. The highest BCUT2D eigenvalue weighted by Gasteiger charge is 2.21. The Morgan fingerprint density at radius 1 is 1.06 bits per heavy atom. The zero-order chi connectivity index (χ0) is 22.2. The number of halogens is 1. The van der Waals surface area contributed by atoms with Gasteiger partial charge in [-0.2, -0.15) is 0 Å². The minimum atomic E-state index is -1.05. The molecule has 0 saturated carbocycles. The van der Waals surface area contributed by atoms with Crippen LogP contribution in [0.25, 0.3) is 0 Å². The third-order valence-corrected chi connectivity index (χ3v) is 4.61. The summed E-state index contributed by atoms with van der Waals surface area (Å²) in [7, 11) is 1.48. The summed E-state index contributed by atoms with van der Waals surface area (Å²) in [4.78, 5) is 28.7. The Morgan fingerprint density at radius 3 is 2.55 bits per heavy atom. The van der Waals surface area contributed by atoms with Crippen molar-refractivity contribution in [3.8, 4) is 11.5 Å². The fourth-order valence-electron chi connectivity index (χ4n) is 2.64. The predicted octanol–water partition coefficient (Wildman–Crippen LogP) is 4.51. The number of methoxy groups -OCH3 is 1. The van der Waals surface area contributed by atoms with E-state index >= 15 is 0 Å². The first-order chi connectivity index (χ1) is 15.0. The summed E-state index contributed by atoms with van der Waals surface area (Å²) in [5, 5.41) is 2.72. The number of hydrogen-bond donors (Lipinski definition) is 1. The SMILES string of the molecule is COc1cc(C(=O)OC(C)C(=O)Nc2cccnc2Cl)ccc1OCc1ccccc1. The van der Waals surface area contributed by atoms with Gasteiger partial charge in [0, 0.05) is 6.20 Å². The van der Waals surface area contributed by atoms with Crippen LogP contribution in [-0.4, -0.2) is 30.1 Å². The van der Waals surface area contributed by atoms with Crippen LogP contribution in [0.5, 0.6) is 11.5 Å². The second kappa shape index (κ2) is 10.4. The topological polar surface area (TPSA) is 86.8 Å². The Morgan fingerprint density at radius 2 is 1.84 bits per heavy atom. The van der Waals surface area contributed by atoms with Gasteiger partial charge in [-0.05, 0) is 42.8 Å². The van der Waals surface area contributed by atoms with E-state index in [1.807, 2.05) is 30.3 Å². The van der Waals surface area contributed by atoms with Gasteiger partial charge in [0.25, 0.3) is 5.91 Å². The average Bonchev–Trinajstić information content (AvgIpc) is 2.79. The average molecular weight is 441 g/mol. The number of benzene rings is 2. The second-order valence-electron chi connectivity index (χ2n) is 6.52. The fraction of sp³-hybridized carbons (Fsp3) is 0.174. The van der Waals surface area contributed by atoms with Crippen LogP contribution in [0.3, 0.4) is 0 Å². The third kappa shape index (κ3) is 5.96. The number of esters is 1. The molecule has 0 bridgehead atoms. The summed E-state index contributed by atoms with van der Waals surface area (Å²) in [6.45, 7) is 1.82. The lowest BCUT2D eigenvalue weighted by molar-refractivity contribution is -0.123. The molecular weight excluding hydrogens is 420 g/mol. The number of amides is 1. The van der Waals surface area contributed by atoms with Gasteiger partial charge in [0.05, 0.1) is 18.4 Å². The smallest absolute Gasteiger partial charge is 0.339 e. The van der Waals surface area contributed by atoms with E-state index in [9.17, 15) is 9.59 Å². The number of hydrogen-bond acceptors (Lipinski definition) is 6. The van der Waals surface area contributed by atoms with Gasteiger partial charge in [0.1, 0.15) is 6.61 Å². The molecule has 0 saturated heterocycles. The first-order valence-electron chi connectivity index (χ1n) is 9.45. The molecule has 0 fully saturated rings. The molecule has 0 radical (unpaired) electrons. The van der Waals surface area contributed by atoms with Crippen molar-refractivity contribution >= 4 is 29.2 Å². The summed E-state index contributed by atoms with van der Waals surface area (Å²) in [6.07, 6.45) is 0.450. The van der Waals surface area contributed by atoms with Gasteiger partial charge in [-0.1, -0.05) is 41.9 Å². The lowest BCUT2D eigenvalue weighted by Gasteiger charge is -2.15. The molecule has 8 heteroatoms. The maximum absolute atomic E-state index is 12.5. The van der Waals surface area contributed by atoms with Crippen molar-refractivity contribution in [3.05, 3.63) is 83.1 Å². The minimum absolute atomic E-state index is 0.144. The van der Waals surface area contributed by atoms with Gasteiger partial charge < -0.3 is 19.5 Å². The van der Waals surface area contributed by atoms with E-state index in [1.54, 1.807) is 24.3 Å². The standard InChI is InChI=1S/C23H21ClN2O5/c1-15(22(27)26-18-9-6-12-25-21(18)24)31-23(28)17-10-11-19(20(13-17)29-2)30-14-16-7-4-3-5-8-16/h3-13,15H,14H2,1-2H3,(H,26,27). The highest BCUT2D eigenvalue weighted by Crippen LogP contribution is 2.29. The first kappa shape index (κ1) is 22.1. The molecule has 31 heavy (non-hydrogen) atoms. The van der Waals surface area contributed by atoms with E-state index in [4.69, 9.17) is 25.8 Å². The molecule has 1 atom stereocenters. The third-order valence-electron chi connectivity index (χ3n) is 4.31. The molecule has 0 aliphatic rings. The van der Waals surface area contributed by atoms with Gasteiger partial charge in [0.2, 0.25) is 0 Å². The lowest BCUT2D eigenvalue weighted by atomic mass is 10.2. The molecule has 1 unspecified atom stereocenters. The Kier molecular flexibility index (Phi) is 7.45. The van der Waals surface area contributed by atoms with Crippen molar-refractivity contribution in [1.29, 1.82) is 0 Å². The highest BCUT2D eigenvalue weighted by molar-refractivity contribution is 6.32. The van der Waals surface area contributed by atoms with Crippen LogP contribution in [-0.2, 0) is 16.1 Å². The molecule has 0 spiro atoms. The Hall–Kier alpha value is -3.58. The van der Waals surface area contributed by atoms with Crippen LogP contribution in [0.1, 0.15) is 22.8 Å². The van der Waals surface area contributed by atoms with Crippen molar-refractivity contribution in [3.63, 3.8) is 0 Å². The van der Waals surface area contributed by atoms with Crippen LogP contribution in [0.4, 0.5) is 5.69 Å². The fourth-order valence-corrected chi connectivity index (χ4v) is 2.81. The summed E-state index contributed by atoms with van der Waals surface area (Å²) in [5.41, 5.74) is 1.56. The molecule has 1 N–H and O–H groups in total. The van der Waals surface area contributed by atoms with Gasteiger partial charge in [-0.3, -0.25) is 4.79 Å². The second-order valence-corrected chi connectivity index (χ2v) is 6.88.